The Morgan fingerprint density at radius 2 is 0.864 bits per heavy atom. The van der Waals surface area contributed by atoms with Gasteiger partial charge in [-0.05, 0) is 13.3 Å². The molecule has 0 aromatic carbocycles. The lowest BCUT2D eigenvalue weighted by atomic mass is 10.0. The van der Waals surface area contributed by atoms with Gasteiger partial charge >= 0.3 is 0 Å². The molecule has 0 aliphatic carbocycles. The second-order valence-corrected chi connectivity index (χ2v) is 11.6. The van der Waals surface area contributed by atoms with Crippen LogP contribution in [0.1, 0.15) is 123 Å². The topological polar surface area (TPSA) is 0 Å². The Morgan fingerprint density at radius 1 is 0.591 bits per heavy atom. The third kappa shape index (κ3) is 20.5. The molecule has 0 spiro atoms. The molecule has 0 aromatic heterocycles. The average molecular weight is 347 g/mol. The summed E-state index contributed by atoms with van der Waals surface area (Å²) >= 11 is 6.26. The van der Waals surface area contributed by atoms with Crippen LogP contribution in [0.15, 0.2) is 0 Å². The van der Waals surface area contributed by atoms with Gasteiger partial charge in [0.1, 0.15) is 0 Å². The lowest BCUT2D eigenvalue weighted by Gasteiger charge is -2.14. The van der Waals surface area contributed by atoms with E-state index in [1.165, 1.54) is 109 Å². The van der Waals surface area contributed by atoms with E-state index in [2.05, 4.69) is 13.8 Å². The summed E-state index contributed by atoms with van der Waals surface area (Å²) in [4.78, 5) is 0. The first kappa shape index (κ1) is 22.5. The highest BCUT2D eigenvalue weighted by atomic mass is 35.5. The second-order valence-electron chi connectivity index (χ2n) is 7.77. The molecule has 0 N–H and O–H groups in total. The van der Waals surface area contributed by atoms with Crippen molar-refractivity contribution in [3.63, 3.8) is 0 Å². The summed E-state index contributed by atoms with van der Waals surface area (Å²) in [6.07, 6.45) is 24.3. The molecule has 0 saturated carbocycles. The smallest absolute Gasteiger partial charge is 0.0290 e. The van der Waals surface area contributed by atoms with Gasteiger partial charge in [0.15, 0.2) is 0 Å². The maximum atomic E-state index is 6.26. The molecule has 0 nitrogen and oxygen atoms in total. The van der Waals surface area contributed by atoms with Crippen LogP contribution in [0.3, 0.4) is 0 Å². The predicted molar refractivity (Wildman–Crippen MR) is 108 cm³/mol. The molecule has 0 fully saturated rings. The summed E-state index contributed by atoms with van der Waals surface area (Å²) in [6.45, 7) is 4.48. The van der Waals surface area contributed by atoms with Crippen molar-refractivity contribution >= 4 is 21.8 Å². The van der Waals surface area contributed by atoms with Crippen LogP contribution in [-0.2, 0) is 0 Å². The molecule has 0 heterocycles. The summed E-state index contributed by atoms with van der Waals surface area (Å²) in [7, 11) is 1.11. The number of rotatable bonds is 17. The highest BCUT2D eigenvalue weighted by Gasteiger charge is 2.11. The Bertz CT molecular complexity index is 210. The van der Waals surface area contributed by atoms with Crippen molar-refractivity contribution in [2.45, 2.75) is 127 Å². The molecule has 134 valence electrons. The van der Waals surface area contributed by atoms with Gasteiger partial charge in [0, 0.05) is 14.7 Å². The number of alkyl halides is 1. The van der Waals surface area contributed by atoms with Crippen molar-refractivity contribution < 1.29 is 0 Å². The fraction of sp³-hybridized carbons (Fsp3) is 1.00. The largest absolute Gasteiger partial charge is 0.124 e. The van der Waals surface area contributed by atoms with Gasteiger partial charge < -0.3 is 0 Å². The molecular formula is C20H43ClSi. The maximum absolute atomic E-state index is 6.26. The Balaban J connectivity index is 3.00. The highest BCUT2D eigenvalue weighted by Crippen LogP contribution is 2.19. The molecular weight excluding hydrogens is 304 g/mol. The van der Waals surface area contributed by atoms with Gasteiger partial charge in [-0.25, -0.2) is 0 Å². The standard InChI is InChI=1S/C20H43ClSi/c1-3-4-5-6-7-8-9-10-11-12-13-14-15-16-17-18-19-20(2,21)22/h3-19H2,1-2,22H3/t20-/m0/s1. The third-order valence-corrected chi connectivity index (χ3v) is 5.31. The average Bonchev–Trinajstić information content (AvgIpc) is 2.45. The molecule has 1 atom stereocenters. The van der Waals surface area contributed by atoms with Crippen molar-refractivity contribution in [1.82, 2.24) is 0 Å². The van der Waals surface area contributed by atoms with Crippen LogP contribution < -0.4 is 0 Å². The SMILES string of the molecule is CCCCCCCCCCCCCCCCCC[C@](C)([SiH3])Cl. The molecule has 22 heavy (non-hydrogen) atoms. The van der Waals surface area contributed by atoms with Crippen molar-refractivity contribution in [2.24, 2.45) is 0 Å². The van der Waals surface area contributed by atoms with Crippen LogP contribution in [0.2, 0.25) is 0 Å². The predicted octanol–water partition coefficient (Wildman–Crippen LogP) is 6.96. The van der Waals surface area contributed by atoms with E-state index in [1.54, 1.807) is 0 Å². The third-order valence-electron chi connectivity index (χ3n) is 4.62. The summed E-state index contributed by atoms with van der Waals surface area (Å²) in [5.41, 5.74) is 0. The minimum atomic E-state index is 0.149. The van der Waals surface area contributed by atoms with E-state index >= 15 is 0 Å². The molecule has 0 saturated heterocycles. The van der Waals surface area contributed by atoms with Crippen molar-refractivity contribution in [1.29, 1.82) is 0 Å². The van der Waals surface area contributed by atoms with Gasteiger partial charge in [0.25, 0.3) is 0 Å². The van der Waals surface area contributed by atoms with Gasteiger partial charge in [-0.2, -0.15) is 0 Å². The van der Waals surface area contributed by atoms with Gasteiger partial charge in [0.05, 0.1) is 0 Å². The fourth-order valence-corrected chi connectivity index (χ4v) is 3.58. The van der Waals surface area contributed by atoms with Crippen LogP contribution in [0.5, 0.6) is 0 Å². The van der Waals surface area contributed by atoms with Gasteiger partial charge in [-0.3, -0.25) is 0 Å². The molecule has 0 unspecified atom stereocenters. The summed E-state index contributed by atoms with van der Waals surface area (Å²) in [5.74, 6) is 0. The molecule has 0 aliphatic rings. The first-order valence-electron chi connectivity index (χ1n) is 10.2. The Hall–Kier alpha value is 0.507. The van der Waals surface area contributed by atoms with Crippen LogP contribution in [0, 0.1) is 0 Å². The quantitative estimate of drug-likeness (QED) is 0.152. The van der Waals surface area contributed by atoms with Gasteiger partial charge in [-0.1, -0.05) is 110 Å². The molecule has 0 radical (unpaired) electrons. The van der Waals surface area contributed by atoms with Crippen molar-refractivity contribution in [3.05, 3.63) is 0 Å². The molecule has 0 aliphatic heterocycles. The second kappa shape index (κ2) is 16.4. The number of hydrogen-bond donors (Lipinski definition) is 0. The van der Waals surface area contributed by atoms with Crippen molar-refractivity contribution in [3.8, 4) is 0 Å². The van der Waals surface area contributed by atoms with E-state index in [0.29, 0.717) is 0 Å². The zero-order valence-electron chi connectivity index (χ0n) is 15.9. The molecule has 0 amide bonds. The number of unbranched alkanes of at least 4 members (excludes halogenated alkanes) is 15. The number of hydrogen-bond acceptors (Lipinski definition) is 0. The first-order valence-corrected chi connectivity index (χ1v) is 11.6. The Kier molecular flexibility index (Phi) is 16.7. The summed E-state index contributed by atoms with van der Waals surface area (Å²) < 4.78 is 0.149. The zero-order valence-corrected chi connectivity index (χ0v) is 18.7. The first-order chi connectivity index (χ1) is 10.6. The van der Waals surface area contributed by atoms with Crippen LogP contribution in [-0.4, -0.2) is 14.7 Å². The van der Waals surface area contributed by atoms with E-state index in [9.17, 15) is 0 Å². The minimum Gasteiger partial charge on any atom is -0.124 e. The lowest BCUT2D eigenvalue weighted by Crippen LogP contribution is -2.15. The van der Waals surface area contributed by atoms with Gasteiger partial charge in [0.2, 0.25) is 0 Å². The Labute approximate surface area is 149 Å². The molecule has 0 aromatic rings. The normalized spacial score (nSPS) is 14.3. The number of halogens is 1. The monoisotopic (exact) mass is 346 g/mol. The highest BCUT2D eigenvalue weighted by molar-refractivity contribution is 6.44. The van der Waals surface area contributed by atoms with Crippen LogP contribution in [0.4, 0.5) is 0 Å². The molecule has 0 rings (SSSR count). The van der Waals surface area contributed by atoms with Crippen molar-refractivity contribution in [2.75, 3.05) is 0 Å². The van der Waals surface area contributed by atoms with Crippen LogP contribution >= 0.6 is 11.6 Å². The van der Waals surface area contributed by atoms with E-state index in [1.807, 2.05) is 0 Å². The lowest BCUT2D eigenvalue weighted by molar-refractivity contribution is 0.525. The Morgan fingerprint density at radius 3 is 1.14 bits per heavy atom. The van der Waals surface area contributed by atoms with Crippen LogP contribution in [0.25, 0.3) is 0 Å². The van der Waals surface area contributed by atoms with E-state index < -0.39 is 0 Å². The van der Waals surface area contributed by atoms with E-state index in [4.69, 9.17) is 11.6 Å². The maximum Gasteiger partial charge on any atom is 0.0290 e. The van der Waals surface area contributed by atoms with E-state index in [-0.39, 0.29) is 4.50 Å². The minimum absolute atomic E-state index is 0.149. The van der Waals surface area contributed by atoms with Gasteiger partial charge in [-0.15, -0.1) is 11.6 Å². The fourth-order valence-electron chi connectivity index (χ4n) is 3.09. The molecule has 2 heteroatoms. The summed E-state index contributed by atoms with van der Waals surface area (Å²) in [5, 5.41) is 0. The molecule has 0 bridgehead atoms. The van der Waals surface area contributed by atoms with E-state index in [0.717, 1.165) is 10.2 Å². The zero-order chi connectivity index (χ0) is 16.5. The summed E-state index contributed by atoms with van der Waals surface area (Å²) in [6, 6.07) is 0.